The SMILES string of the molecule is OB(O)Oc1ccc2c(c1)C2. The third kappa shape index (κ3) is 1.36. The first-order chi connectivity index (χ1) is 5.25. The van der Waals surface area contributed by atoms with Crippen molar-refractivity contribution in [1.82, 2.24) is 0 Å². The van der Waals surface area contributed by atoms with E-state index in [-0.39, 0.29) is 0 Å². The van der Waals surface area contributed by atoms with E-state index in [1.807, 2.05) is 12.1 Å². The smallest absolute Gasteiger partial charge is 0.512 e. The minimum Gasteiger partial charge on any atom is -0.512 e. The van der Waals surface area contributed by atoms with Crippen molar-refractivity contribution in [2.75, 3.05) is 0 Å². The highest BCUT2D eigenvalue weighted by molar-refractivity contribution is 6.33. The van der Waals surface area contributed by atoms with Crippen molar-refractivity contribution in [3.63, 3.8) is 0 Å². The lowest BCUT2D eigenvalue weighted by Gasteiger charge is -2.01. The van der Waals surface area contributed by atoms with Crippen LogP contribution in [0.25, 0.3) is 0 Å². The Bertz CT molecular complexity index is 285. The van der Waals surface area contributed by atoms with E-state index < -0.39 is 7.32 Å². The van der Waals surface area contributed by atoms with Gasteiger partial charge in [-0.05, 0) is 29.7 Å². The largest absolute Gasteiger partial charge is 0.707 e. The zero-order valence-corrected chi connectivity index (χ0v) is 5.82. The molecule has 0 heterocycles. The molecule has 0 radical (unpaired) electrons. The van der Waals surface area contributed by atoms with E-state index in [4.69, 9.17) is 10.0 Å². The summed E-state index contributed by atoms with van der Waals surface area (Å²) < 4.78 is 4.64. The van der Waals surface area contributed by atoms with Crippen LogP contribution in [0.4, 0.5) is 0 Å². The maximum absolute atomic E-state index is 8.45. The predicted molar refractivity (Wildman–Crippen MR) is 40.1 cm³/mol. The van der Waals surface area contributed by atoms with E-state index >= 15 is 0 Å². The van der Waals surface area contributed by atoms with E-state index in [0.29, 0.717) is 5.75 Å². The third-order valence-corrected chi connectivity index (χ3v) is 1.68. The molecule has 0 atom stereocenters. The number of hydrogen-bond acceptors (Lipinski definition) is 3. The van der Waals surface area contributed by atoms with Crippen molar-refractivity contribution in [3.05, 3.63) is 29.3 Å². The highest BCUT2D eigenvalue weighted by Crippen LogP contribution is 2.31. The lowest BCUT2D eigenvalue weighted by atomic mass is 10.2. The second-order valence-corrected chi connectivity index (χ2v) is 2.55. The molecule has 1 aromatic rings. The van der Waals surface area contributed by atoms with Crippen LogP contribution in [-0.4, -0.2) is 17.4 Å². The highest BCUT2D eigenvalue weighted by Gasteiger charge is 2.18. The van der Waals surface area contributed by atoms with Gasteiger partial charge in [0.25, 0.3) is 0 Å². The summed E-state index contributed by atoms with van der Waals surface area (Å²) >= 11 is 0. The van der Waals surface area contributed by atoms with Gasteiger partial charge in [0, 0.05) is 0 Å². The molecule has 0 bridgehead atoms. The van der Waals surface area contributed by atoms with Crippen LogP contribution < -0.4 is 4.65 Å². The average Bonchev–Trinajstić information content (AvgIpc) is 2.63. The van der Waals surface area contributed by atoms with Gasteiger partial charge in [-0.2, -0.15) is 0 Å². The monoisotopic (exact) mass is 150 g/mol. The van der Waals surface area contributed by atoms with Crippen LogP contribution >= 0.6 is 0 Å². The van der Waals surface area contributed by atoms with Crippen molar-refractivity contribution in [1.29, 1.82) is 0 Å². The van der Waals surface area contributed by atoms with Gasteiger partial charge in [-0.25, -0.2) is 0 Å². The van der Waals surface area contributed by atoms with Crippen LogP contribution in [0, 0.1) is 0 Å². The lowest BCUT2D eigenvalue weighted by Crippen LogP contribution is -2.20. The minimum absolute atomic E-state index is 0.510. The Balaban J connectivity index is 2.15. The van der Waals surface area contributed by atoms with Gasteiger partial charge in [0.2, 0.25) is 0 Å². The van der Waals surface area contributed by atoms with Crippen LogP contribution in [0.15, 0.2) is 18.2 Å². The zero-order chi connectivity index (χ0) is 7.84. The van der Waals surface area contributed by atoms with Gasteiger partial charge in [-0.15, -0.1) is 0 Å². The van der Waals surface area contributed by atoms with Crippen LogP contribution in [0.1, 0.15) is 11.1 Å². The van der Waals surface area contributed by atoms with Gasteiger partial charge in [-0.3, -0.25) is 0 Å². The summed E-state index contributed by atoms with van der Waals surface area (Å²) in [6, 6.07) is 5.47. The molecule has 0 saturated carbocycles. The minimum atomic E-state index is -1.72. The predicted octanol–water partition coefficient (Wildman–Crippen LogP) is -0.0609. The number of fused-ring (bicyclic) bond motifs is 1. The molecule has 11 heavy (non-hydrogen) atoms. The molecule has 4 heteroatoms. The van der Waals surface area contributed by atoms with Crippen molar-refractivity contribution >= 4 is 7.32 Å². The molecule has 0 unspecified atom stereocenters. The highest BCUT2D eigenvalue weighted by atomic mass is 16.6. The van der Waals surface area contributed by atoms with Gasteiger partial charge < -0.3 is 14.7 Å². The summed E-state index contributed by atoms with van der Waals surface area (Å²) in [5, 5.41) is 16.9. The molecule has 2 N–H and O–H groups in total. The van der Waals surface area contributed by atoms with Gasteiger partial charge in [-0.1, -0.05) is 6.07 Å². The lowest BCUT2D eigenvalue weighted by molar-refractivity contribution is 0.288. The molecule has 2 rings (SSSR count). The summed E-state index contributed by atoms with van der Waals surface area (Å²) in [7, 11) is -1.72. The van der Waals surface area contributed by atoms with Gasteiger partial charge in [0.15, 0.2) is 0 Å². The molecule has 1 aliphatic carbocycles. The first-order valence-corrected chi connectivity index (χ1v) is 3.40. The fourth-order valence-electron chi connectivity index (χ4n) is 1.07. The Morgan fingerprint density at radius 1 is 1.27 bits per heavy atom. The molecule has 0 aromatic heterocycles. The molecular formula is C7H7BO3. The number of rotatable bonds is 2. The normalized spacial score (nSPS) is 12.2. The maximum atomic E-state index is 8.45. The standard InChI is InChI=1S/C7H7BO3/c9-8(10)11-7-2-1-5-3-6(5)4-7/h1-2,4,9-10H,3H2. The topological polar surface area (TPSA) is 49.7 Å². The molecule has 1 aliphatic rings. The summed E-state index contributed by atoms with van der Waals surface area (Å²) in [5.74, 6) is 0.510. The fraction of sp³-hybridized carbons (Fsp3) is 0.143. The second-order valence-electron chi connectivity index (χ2n) is 2.55. The van der Waals surface area contributed by atoms with Gasteiger partial charge in [0.05, 0.1) is 0 Å². The molecule has 0 amide bonds. The number of benzene rings is 1. The molecular weight excluding hydrogens is 143 g/mol. The molecule has 3 nitrogen and oxygen atoms in total. The van der Waals surface area contributed by atoms with E-state index in [0.717, 1.165) is 6.42 Å². The van der Waals surface area contributed by atoms with Crippen molar-refractivity contribution < 1.29 is 14.7 Å². The Morgan fingerprint density at radius 2 is 2.09 bits per heavy atom. The quantitative estimate of drug-likeness (QED) is 0.589. The van der Waals surface area contributed by atoms with E-state index in [1.165, 1.54) is 11.1 Å². The van der Waals surface area contributed by atoms with Crippen molar-refractivity contribution in [3.8, 4) is 5.75 Å². The van der Waals surface area contributed by atoms with Crippen LogP contribution in [0.5, 0.6) is 5.75 Å². The van der Waals surface area contributed by atoms with E-state index in [1.54, 1.807) is 6.07 Å². The Labute approximate surface area is 64.4 Å². The molecule has 0 saturated heterocycles. The Kier molecular flexibility index (Phi) is 1.37. The van der Waals surface area contributed by atoms with E-state index in [2.05, 4.69) is 4.65 Å². The van der Waals surface area contributed by atoms with Crippen LogP contribution in [0.2, 0.25) is 0 Å². The zero-order valence-electron chi connectivity index (χ0n) is 5.82. The maximum Gasteiger partial charge on any atom is 0.707 e. The molecule has 0 fully saturated rings. The van der Waals surface area contributed by atoms with E-state index in [9.17, 15) is 0 Å². The molecule has 56 valence electrons. The van der Waals surface area contributed by atoms with Crippen LogP contribution in [0.3, 0.4) is 0 Å². The van der Waals surface area contributed by atoms with Crippen molar-refractivity contribution in [2.24, 2.45) is 0 Å². The summed E-state index contributed by atoms with van der Waals surface area (Å²) in [5.41, 5.74) is 2.54. The first-order valence-electron chi connectivity index (χ1n) is 3.40. The van der Waals surface area contributed by atoms with Crippen molar-refractivity contribution in [2.45, 2.75) is 6.42 Å². The Morgan fingerprint density at radius 3 is 2.73 bits per heavy atom. The van der Waals surface area contributed by atoms with Gasteiger partial charge >= 0.3 is 7.32 Å². The molecule has 0 spiro atoms. The average molecular weight is 150 g/mol. The van der Waals surface area contributed by atoms with Crippen LogP contribution in [-0.2, 0) is 6.42 Å². The third-order valence-electron chi connectivity index (χ3n) is 1.68. The number of hydrogen-bond donors (Lipinski definition) is 2. The Hall–Kier alpha value is -0.995. The second kappa shape index (κ2) is 2.25. The fourth-order valence-corrected chi connectivity index (χ4v) is 1.07. The molecule has 1 aromatic carbocycles. The molecule has 0 aliphatic heterocycles. The summed E-state index contributed by atoms with van der Waals surface area (Å²) in [6.45, 7) is 0. The first kappa shape index (κ1) is 6.70. The summed E-state index contributed by atoms with van der Waals surface area (Å²) in [4.78, 5) is 0. The van der Waals surface area contributed by atoms with Gasteiger partial charge in [0.1, 0.15) is 5.75 Å². The summed E-state index contributed by atoms with van der Waals surface area (Å²) in [6.07, 6.45) is 1.00.